The van der Waals surface area contributed by atoms with Gasteiger partial charge < -0.3 is 5.73 Å². The summed E-state index contributed by atoms with van der Waals surface area (Å²) >= 11 is 1.95. The van der Waals surface area contributed by atoms with Crippen LogP contribution in [0.2, 0.25) is 0 Å². The number of hydrogen-bond acceptors (Lipinski definition) is 2. The van der Waals surface area contributed by atoms with E-state index in [2.05, 4.69) is 32.0 Å². The number of nitrogens with two attached hydrogens (primary N) is 1. The van der Waals surface area contributed by atoms with Crippen molar-refractivity contribution in [3.8, 4) is 0 Å². The van der Waals surface area contributed by atoms with Crippen LogP contribution in [-0.4, -0.2) is 11.8 Å². The van der Waals surface area contributed by atoms with Crippen molar-refractivity contribution in [1.82, 2.24) is 0 Å². The van der Waals surface area contributed by atoms with E-state index < -0.39 is 0 Å². The zero-order valence-corrected chi connectivity index (χ0v) is 10.3. The van der Waals surface area contributed by atoms with E-state index >= 15 is 0 Å². The summed E-state index contributed by atoms with van der Waals surface area (Å²) in [5.41, 5.74) is 8.95. The predicted molar refractivity (Wildman–Crippen MR) is 67.6 cm³/mol. The summed E-state index contributed by atoms with van der Waals surface area (Å²) in [4.78, 5) is 1.44. The van der Waals surface area contributed by atoms with Crippen molar-refractivity contribution >= 4 is 11.8 Å². The molecule has 0 saturated carbocycles. The molecule has 1 aliphatic heterocycles. The second-order valence-electron chi connectivity index (χ2n) is 4.62. The van der Waals surface area contributed by atoms with Crippen LogP contribution in [0.5, 0.6) is 0 Å². The van der Waals surface area contributed by atoms with Crippen molar-refractivity contribution in [3.05, 3.63) is 29.3 Å². The fourth-order valence-corrected chi connectivity index (χ4v) is 3.10. The molecule has 0 spiro atoms. The van der Waals surface area contributed by atoms with Crippen molar-refractivity contribution < 1.29 is 0 Å². The Kier molecular flexibility index (Phi) is 3.37. The molecule has 82 valence electrons. The maximum atomic E-state index is 6.06. The van der Waals surface area contributed by atoms with E-state index in [1.165, 1.54) is 16.0 Å². The Bertz CT molecular complexity index is 346. The average molecular weight is 221 g/mol. The van der Waals surface area contributed by atoms with Gasteiger partial charge in [0.25, 0.3) is 0 Å². The zero-order chi connectivity index (χ0) is 10.8. The largest absolute Gasteiger partial charge is 0.327 e. The van der Waals surface area contributed by atoms with E-state index in [1.54, 1.807) is 0 Å². The molecular weight excluding hydrogens is 202 g/mol. The lowest BCUT2D eigenvalue weighted by molar-refractivity contribution is 0.652. The molecule has 2 heteroatoms. The van der Waals surface area contributed by atoms with Gasteiger partial charge >= 0.3 is 0 Å². The summed E-state index contributed by atoms with van der Waals surface area (Å²) in [7, 11) is 0. The van der Waals surface area contributed by atoms with Gasteiger partial charge in [0, 0.05) is 10.9 Å². The fourth-order valence-electron chi connectivity index (χ4n) is 1.96. The Hall–Kier alpha value is -0.470. The van der Waals surface area contributed by atoms with E-state index in [4.69, 9.17) is 5.73 Å². The Balaban J connectivity index is 2.33. The third kappa shape index (κ3) is 2.56. The Morgan fingerprint density at radius 1 is 1.40 bits per heavy atom. The van der Waals surface area contributed by atoms with Crippen LogP contribution in [0, 0.1) is 0 Å². The number of hydrogen-bond donors (Lipinski definition) is 1. The van der Waals surface area contributed by atoms with Gasteiger partial charge in [0.1, 0.15) is 0 Å². The minimum Gasteiger partial charge on any atom is -0.327 e. The van der Waals surface area contributed by atoms with Crippen molar-refractivity contribution in [2.24, 2.45) is 5.73 Å². The predicted octanol–water partition coefficient (Wildman–Crippen LogP) is 3.18. The van der Waals surface area contributed by atoms with Crippen molar-refractivity contribution in [3.63, 3.8) is 0 Å². The van der Waals surface area contributed by atoms with Crippen LogP contribution < -0.4 is 5.73 Å². The van der Waals surface area contributed by atoms with Crippen LogP contribution in [0.4, 0.5) is 0 Å². The normalized spacial score (nSPS) is 21.2. The molecule has 15 heavy (non-hydrogen) atoms. The van der Waals surface area contributed by atoms with E-state index in [0.29, 0.717) is 12.0 Å². The van der Waals surface area contributed by atoms with Crippen molar-refractivity contribution in [1.29, 1.82) is 0 Å². The summed E-state index contributed by atoms with van der Waals surface area (Å²) in [6.07, 6.45) is 2.18. The number of fused-ring (bicyclic) bond motifs is 1. The summed E-state index contributed by atoms with van der Waals surface area (Å²) in [5, 5.41) is 0. The van der Waals surface area contributed by atoms with Crippen molar-refractivity contribution in [2.45, 2.75) is 43.5 Å². The topological polar surface area (TPSA) is 26.0 Å². The van der Waals surface area contributed by atoms with Gasteiger partial charge in [-0.05, 0) is 41.7 Å². The van der Waals surface area contributed by atoms with Crippen LogP contribution >= 0.6 is 11.8 Å². The molecule has 0 fully saturated rings. The van der Waals surface area contributed by atoms with Crippen molar-refractivity contribution in [2.75, 3.05) is 5.75 Å². The van der Waals surface area contributed by atoms with Crippen LogP contribution in [0.25, 0.3) is 0 Å². The van der Waals surface area contributed by atoms with E-state index in [0.717, 1.165) is 18.6 Å². The molecule has 1 atom stereocenters. The van der Waals surface area contributed by atoms with Gasteiger partial charge in [0.05, 0.1) is 0 Å². The SMILES string of the molecule is CC(C)c1ccc2c(c1)CC(N)CCS2. The van der Waals surface area contributed by atoms with Gasteiger partial charge in [-0.15, -0.1) is 11.8 Å². The average Bonchev–Trinajstić information content (AvgIpc) is 2.37. The van der Waals surface area contributed by atoms with Gasteiger partial charge in [0.15, 0.2) is 0 Å². The first-order valence-electron chi connectivity index (χ1n) is 5.68. The van der Waals surface area contributed by atoms with Gasteiger partial charge in [-0.1, -0.05) is 26.0 Å². The minimum atomic E-state index is 0.348. The lowest BCUT2D eigenvalue weighted by Crippen LogP contribution is -2.22. The molecule has 0 aliphatic carbocycles. The zero-order valence-electron chi connectivity index (χ0n) is 9.49. The van der Waals surface area contributed by atoms with Crippen LogP contribution in [0.15, 0.2) is 23.1 Å². The van der Waals surface area contributed by atoms with E-state index in [9.17, 15) is 0 Å². The number of thioether (sulfide) groups is 1. The number of rotatable bonds is 1. The lowest BCUT2D eigenvalue weighted by atomic mass is 9.97. The second-order valence-corrected chi connectivity index (χ2v) is 5.76. The quantitative estimate of drug-likeness (QED) is 0.788. The Morgan fingerprint density at radius 3 is 2.93 bits per heavy atom. The van der Waals surface area contributed by atoms with Gasteiger partial charge in [-0.3, -0.25) is 0 Å². The highest BCUT2D eigenvalue weighted by Gasteiger charge is 2.14. The summed E-state index contributed by atoms with van der Waals surface area (Å²) in [5.74, 6) is 1.77. The standard InChI is InChI=1S/C13H19NS/c1-9(2)10-3-4-13-11(7-10)8-12(14)5-6-15-13/h3-4,7,9,12H,5-6,8,14H2,1-2H3. The number of benzene rings is 1. The second kappa shape index (κ2) is 4.58. The highest BCUT2D eigenvalue weighted by atomic mass is 32.2. The molecule has 1 aliphatic rings. The molecule has 1 nitrogen and oxygen atoms in total. The maximum Gasteiger partial charge on any atom is 0.0105 e. The molecule has 2 rings (SSSR count). The van der Waals surface area contributed by atoms with Crippen LogP contribution in [0.1, 0.15) is 37.3 Å². The van der Waals surface area contributed by atoms with Crippen LogP contribution in [0.3, 0.4) is 0 Å². The molecule has 1 heterocycles. The van der Waals surface area contributed by atoms with E-state index in [-0.39, 0.29) is 0 Å². The third-order valence-corrected chi connectivity index (χ3v) is 4.13. The molecule has 1 aromatic rings. The summed E-state index contributed by atoms with van der Waals surface area (Å²) in [6.45, 7) is 4.48. The highest BCUT2D eigenvalue weighted by Crippen LogP contribution is 2.30. The van der Waals surface area contributed by atoms with Gasteiger partial charge in [0.2, 0.25) is 0 Å². The lowest BCUT2D eigenvalue weighted by Gasteiger charge is -2.12. The van der Waals surface area contributed by atoms with Gasteiger partial charge in [-0.2, -0.15) is 0 Å². The maximum absolute atomic E-state index is 6.06. The smallest absolute Gasteiger partial charge is 0.0105 e. The molecule has 0 saturated heterocycles. The highest BCUT2D eigenvalue weighted by molar-refractivity contribution is 7.99. The third-order valence-electron chi connectivity index (χ3n) is 2.98. The monoisotopic (exact) mass is 221 g/mol. The summed E-state index contributed by atoms with van der Waals surface area (Å²) in [6, 6.07) is 7.22. The Labute approximate surface area is 96.4 Å². The first kappa shape index (κ1) is 11.0. The molecule has 0 amide bonds. The molecule has 2 N–H and O–H groups in total. The molecular formula is C13H19NS. The summed E-state index contributed by atoms with van der Waals surface area (Å²) < 4.78 is 0. The molecule has 1 aromatic carbocycles. The first-order chi connectivity index (χ1) is 7.16. The minimum absolute atomic E-state index is 0.348. The molecule has 0 aromatic heterocycles. The first-order valence-corrected chi connectivity index (χ1v) is 6.66. The van der Waals surface area contributed by atoms with Gasteiger partial charge in [-0.25, -0.2) is 0 Å². The molecule has 1 unspecified atom stereocenters. The van der Waals surface area contributed by atoms with E-state index in [1.807, 2.05) is 11.8 Å². The Morgan fingerprint density at radius 2 is 2.20 bits per heavy atom. The molecule has 0 bridgehead atoms. The fraction of sp³-hybridized carbons (Fsp3) is 0.538. The molecule has 0 radical (unpaired) electrons. The van der Waals surface area contributed by atoms with Crippen LogP contribution in [-0.2, 0) is 6.42 Å².